The van der Waals surface area contributed by atoms with Gasteiger partial charge in [0.15, 0.2) is 0 Å². The Hall–Kier alpha value is -0.240. The molecule has 3 heteroatoms. The number of halogens is 2. The molecule has 2 unspecified atom stereocenters. The molecule has 2 atom stereocenters. The second-order valence-electron chi connectivity index (χ2n) is 5.60. The SMILES string of the molecule is CCCNC(Cc1cc(Cl)ccc1Cl)C(C)C(C)C. The van der Waals surface area contributed by atoms with E-state index >= 15 is 0 Å². The highest BCUT2D eigenvalue weighted by atomic mass is 35.5. The summed E-state index contributed by atoms with van der Waals surface area (Å²) in [6, 6.07) is 6.15. The highest BCUT2D eigenvalue weighted by Crippen LogP contribution is 2.25. The van der Waals surface area contributed by atoms with Crippen LogP contribution in [0.1, 0.15) is 39.7 Å². The van der Waals surface area contributed by atoms with Gasteiger partial charge in [0.25, 0.3) is 0 Å². The van der Waals surface area contributed by atoms with E-state index in [1.165, 1.54) is 0 Å². The minimum Gasteiger partial charge on any atom is -0.313 e. The van der Waals surface area contributed by atoms with Crippen LogP contribution in [0.3, 0.4) is 0 Å². The normalized spacial score (nSPS) is 14.7. The van der Waals surface area contributed by atoms with Crippen molar-refractivity contribution < 1.29 is 0 Å². The van der Waals surface area contributed by atoms with Crippen LogP contribution in [-0.4, -0.2) is 12.6 Å². The molecule has 0 fully saturated rings. The van der Waals surface area contributed by atoms with Crippen LogP contribution < -0.4 is 5.32 Å². The maximum atomic E-state index is 6.27. The van der Waals surface area contributed by atoms with Crippen molar-refractivity contribution in [1.82, 2.24) is 5.32 Å². The maximum Gasteiger partial charge on any atom is 0.0439 e. The first-order valence-electron chi connectivity index (χ1n) is 7.13. The zero-order valence-electron chi connectivity index (χ0n) is 12.3. The Morgan fingerprint density at radius 2 is 1.84 bits per heavy atom. The molecule has 0 spiro atoms. The van der Waals surface area contributed by atoms with Gasteiger partial charge in [0, 0.05) is 16.1 Å². The molecule has 19 heavy (non-hydrogen) atoms. The van der Waals surface area contributed by atoms with Crippen molar-refractivity contribution >= 4 is 23.2 Å². The average molecular weight is 302 g/mol. The molecule has 0 amide bonds. The summed E-state index contributed by atoms with van der Waals surface area (Å²) in [6.45, 7) is 10.1. The van der Waals surface area contributed by atoms with Crippen LogP contribution in [0.25, 0.3) is 0 Å². The van der Waals surface area contributed by atoms with Crippen molar-refractivity contribution in [3.05, 3.63) is 33.8 Å². The molecule has 1 N–H and O–H groups in total. The van der Waals surface area contributed by atoms with Crippen LogP contribution in [-0.2, 0) is 6.42 Å². The lowest BCUT2D eigenvalue weighted by Gasteiger charge is -2.28. The van der Waals surface area contributed by atoms with Crippen LogP contribution in [0.15, 0.2) is 18.2 Å². The molecule has 0 saturated heterocycles. The minimum absolute atomic E-state index is 0.441. The van der Waals surface area contributed by atoms with Crippen LogP contribution in [0, 0.1) is 11.8 Å². The number of benzene rings is 1. The van der Waals surface area contributed by atoms with Crippen molar-refractivity contribution in [3.63, 3.8) is 0 Å². The van der Waals surface area contributed by atoms with Gasteiger partial charge >= 0.3 is 0 Å². The number of nitrogens with one attached hydrogen (secondary N) is 1. The van der Waals surface area contributed by atoms with E-state index in [0.717, 1.165) is 35.0 Å². The van der Waals surface area contributed by atoms with Gasteiger partial charge in [-0.05, 0) is 55.0 Å². The number of hydrogen-bond donors (Lipinski definition) is 1. The number of hydrogen-bond acceptors (Lipinski definition) is 1. The molecular weight excluding hydrogens is 277 g/mol. The topological polar surface area (TPSA) is 12.0 Å². The second-order valence-corrected chi connectivity index (χ2v) is 6.45. The molecule has 0 heterocycles. The van der Waals surface area contributed by atoms with E-state index in [0.29, 0.717) is 17.9 Å². The molecule has 1 nitrogen and oxygen atoms in total. The quantitative estimate of drug-likeness (QED) is 0.730. The van der Waals surface area contributed by atoms with E-state index < -0.39 is 0 Å². The first-order valence-corrected chi connectivity index (χ1v) is 7.88. The molecule has 108 valence electrons. The van der Waals surface area contributed by atoms with Gasteiger partial charge in [0.1, 0.15) is 0 Å². The van der Waals surface area contributed by atoms with Gasteiger partial charge in [0.05, 0.1) is 0 Å². The minimum atomic E-state index is 0.441. The Labute approximate surface area is 127 Å². The molecule has 0 radical (unpaired) electrons. The molecule has 1 rings (SSSR count). The van der Waals surface area contributed by atoms with E-state index in [1.54, 1.807) is 0 Å². The first-order chi connectivity index (χ1) is 8.95. The van der Waals surface area contributed by atoms with E-state index in [4.69, 9.17) is 23.2 Å². The van der Waals surface area contributed by atoms with Crippen molar-refractivity contribution in [2.24, 2.45) is 11.8 Å². The van der Waals surface area contributed by atoms with E-state index in [2.05, 4.69) is 33.0 Å². The highest BCUT2D eigenvalue weighted by Gasteiger charge is 2.21. The lowest BCUT2D eigenvalue weighted by atomic mass is 9.86. The van der Waals surface area contributed by atoms with Crippen LogP contribution in [0.2, 0.25) is 10.0 Å². The third-order valence-electron chi connectivity index (χ3n) is 3.79. The van der Waals surface area contributed by atoms with E-state index in [9.17, 15) is 0 Å². The van der Waals surface area contributed by atoms with E-state index in [-0.39, 0.29) is 0 Å². The molecule has 1 aromatic rings. The molecule has 0 bridgehead atoms. The van der Waals surface area contributed by atoms with Gasteiger partial charge in [-0.2, -0.15) is 0 Å². The van der Waals surface area contributed by atoms with Gasteiger partial charge in [-0.15, -0.1) is 0 Å². The second kappa shape index (κ2) is 8.14. The highest BCUT2D eigenvalue weighted by molar-refractivity contribution is 6.33. The molecule has 0 aliphatic rings. The van der Waals surface area contributed by atoms with Crippen molar-refractivity contribution in [1.29, 1.82) is 0 Å². The van der Waals surface area contributed by atoms with Crippen LogP contribution in [0.4, 0.5) is 0 Å². The third-order valence-corrected chi connectivity index (χ3v) is 4.39. The van der Waals surface area contributed by atoms with Gasteiger partial charge in [-0.3, -0.25) is 0 Å². The summed E-state index contributed by atoms with van der Waals surface area (Å²) in [5.41, 5.74) is 1.13. The molecular formula is C16H25Cl2N. The zero-order valence-corrected chi connectivity index (χ0v) is 13.9. The third kappa shape index (κ3) is 5.33. The average Bonchev–Trinajstić information content (AvgIpc) is 2.37. The molecule has 0 saturated carbocycles. The van der Waals surface area contributed by atoms with Crippen LogP contribution in [0.5, 0.6) is 0 Å². The Morgan fingerprint density at radius 3 is 2.42 bits per heavy atom. The fourth-order valence-corrected chi connectivity index (χ4v) is 2.56. The summed E-state index contributed by atoms with van der Waals surface area (Å²) in [5, 5.41) is 5.21. The molecule has 0 aliphatic heterocycles. The molecule has 0 aromatic heterocycles. The Balaban J connectivity index is 2.83. The van der Waals surface area contributed by atoms with Crippen molar-refractivity contribution in [2.45, 2.75) is 46.6 Å². The van der Waals surface area contributed by atoms with Gasteiger partial charge in [-0.25, -0.2) is 0 Å². The summed E-state index contributed by atoms with van der Waals surface area (Å²) >= 11 is 12.3. The largest absolute Gasteiger partial charge is 0.313 e. The Bertz CT molecular complexity index is 390. The fourth-order valence-electron chi connectivity index (χ4n) is 2.17. The lowest BCUT2D eigenvalue weighted by Crippen LogP contribution is -2.39. The predicted molar refractivity (Wildman–Crippen MR) is 86.2 cm³/mol. The fraction of sp³-hybridized carbons (Fsp3) is 0.625. The van der Waals surface area contributed by atoms with E-state index in [1.807, 2.05) is 18.2 Å². The zero-order chi connectivity index (χ0) is 14.4. The lowest BCUT2D eigenvalue weighted by molar-refractivity contribution is 0.297. The Kier molecular flexibility index (Phi) is 7.20. The van der Waals surface area contributed by atoms with Crippen molar-refractivity contribution in [2.75, 3.05) is 6.54 Å². The standard InChI is InChI=1S/C16H25Cl2N/c1-5-8-19-16(12(4)11(2)3)10-13-9-14(17)6-7-15(13)18/h6-7,9,11-12,16,19H,5,8,10H2,1-4H3. The van der Waals surface area contributed by atoms with Crippen LogP contribution >= 0.6 is 23.2 Å². The summed E-state index contributed by atoms with van der Waals surface area (Å²) in [4.78, 5) is 0. The summed E-state index contributed by atoms with van der Waals surface area (Å²) in [7, 11) is 0. The van der Waals surface area contributed by atoms with Gasteiger partial charge in [-0.1, -0.05) is 50.9 Å². The number of rotatable bonds is 7. The summed E-state index contributed by atoms with van der Waals surface area (Å²) < 4.78 is 0. The van der Waals surface area contributed by atoms with Gasteiger partial charge in [0.2, 0.25) is 0 Å². The first kappa shape index (κ1) is 16.8. The van der Waals surface area contributed by atoms with Crippen molar-refractivity contribution in [3.8, 4) is 0 Å². The monoisotopic (exact) mass is 301 g/mol. The summed E-state index contributed by atoms with van der Waals surface area (Å²) in [5.74, 6) is 1.24. The predicted octanol–water partition coefficient (Wildman–Crippen LogP) is 5.20. The summed E-state index contributed by atoms with van der Waals surface area (Å²) in [6.07, 6.45) is 2.07. The Morgan fingerprint density at radius 1 is 1.16 bits per heavy atom. The maximum absolute atomic E-state index is 6.27. The molecule has 1 aromatic carbocycles. The van der Waals surface area contributed by atoms with Gasteiger partial charge < -0.3 is 5.32 Å². The molecule has 0 aliphatic carbocycles. The smallest absolute Gasteiger partial charge is 0.0439 e.